The van der Waals surface area contributed by atoms with Crippen molar-refractivity contribution in [1.29, 1.82) is 0 Å². The van der Waals surface area contributed by atoms with Crippen LogP contribution in [0, 0.1) is 0 Å². The maximum atomic E-state index is 12.2. The van der Waals surface area contributed by atoms with Crippen LogP contribution in [-0.2, 0) is 29.6 Å². The number of carboxylic acids is 2. The minimum absolute atomic E-state index is 0.194. The molecule has 46 heavy (non-hydrogen) atoms. The van der Waals surface area contributed by atoms with Gasteiger partial charge >= 0.3 is 11.9 Å². The third kappa shape index (κ3) is 35.6. The fourth-order valence-corrected chi connectivity index (χ4v) is 7.89. The lowest BCUT2D eigenvalue weighted by Crippen LogP contribution is -2.27. The summed E-state index contributed by atoms with van der Waals surface area (Å²) in [6, 6.07) is 0. The van der Waals surface area contributed by atoms with Crippen molar-refractivity contribution in [3.05, 3.63) is 0 Å². The molecule has 0 aliphatic carbocycles. The molecule has 0 bridgehead atoms. The summed E-state index contributed by atoms with van der Waals surface area (Å²) < 4.78 is 54.2. The van der Waals surface area contributed by atoms with E-state index >= 15 is 0 Å². The minimum Gasteiger partial charge on any atom is -0.481 e. The number of aliphatic carboxylic acids is 2. The Hall–Kier alpha value is -1.24. The van der Waals surface area contributed by atoms with Crippen molar-refractivity contribution in [1.82, 2.24) is 9.44 Å². The lowest BCUT2D eigenvalue weighted by Gasteiger charge is -2.07. The number of unbranched alkanes of at least 4 members (excludes halogenated alkanes) is 23. The van der Waals surface area contributed by atoms with Crippen molar-refractivity contribution >= 4 is 32.0 Å². The molecule has 0 atom stereocenters. The summed E-state index contributed by atoms with van der Waals surface area (Å²) >= 11 is 0. The second-order valence-corrected chi connectivity index (χ2v) is 16.8. The maximum Gasteiger partial charge on any atom is 0.303 e. The maximum absolute atomic E-state index is 12.2. The molecule has 0 aromatic rings. The number of rotatable bonds is 37. The van der Waals surface area contributed by atoms with E-state index in [1.165, 1.54) is 0 Å². The lowest BCUT2D eigenvalue weighted by molar-refractivity contribution is -0.138. The van der Waals surface area contributed by atoms with Gasteiger partial charge in [-0.1, -0.05) is 128 Å². The van der Waals surface area contributed by atoms with Gasteiger partial charge in [0.15, 0.2) is 0 Å². The zero-order valence-electron chi connectivity index (χ0n) is 28.8. The molecule has 0 radical (unpaired) electrons. The van der Waals surface area contributed by atoms with E-state index in [2.05, 4.69) is 9.44 Å². The van der Waals surface area contributed by atoms with Crippen molar-refractivity contribution in [2.24, 2.45) is 0 Å². The van der Waals surface area contributed by atoms with Crippen LogP contribution in [-0.4, -0.2) is 63.6 Å². The van der Waals surface area contributed by atoms with Gasteiger partial charge in [-0.15, -0.1) is 0 Å². The van der Waals surface area contributed by atoms with E-state index in [0.29, 0.717) is 25.9 Å². The highest BCUT2D eigenvalue weighted by molar-refractivity contribution is 7.89. The fraction of sp³-hybridized carbons (Fsp3) is 0.941. The van der Waals surface area contributed by atoms with E-state index in [9.17, 15) is 26.4 Å². The van der Waals surface area contributed by atoms with Crippen molar-refractivity contribution < 1.29 is 36.6 Å². The molecule has 0 heterocycles. The van der Waals surface area contributed by atoms with Gasteiger partial charge in [-0.25, -0.2) is 26.3 Å². The molecule has 0 spiro atoms. The zero-order chi connectivity index (χ0) is 34.2. The molecule has 0 unspecified atom stereocenters. The van der Waals surface area contributed by atoms with Crippen LogP contribution in [0.1, 0.15) is 180 Å². The van der Waals surface area contributed by atoms with Crippen LogP contribution in [0.3, 0.4) is 0 Å². The van der Waals surface area contributed by atoms with Gasteiger partial charge < -0.3 is 10.2 Å². The molecule has 0 saturated heterocycles. The summed E-state index contributed by atoms with van der Waals surface area (Å²) in [5.74, 6) is -1.06. The Morgan fingerprint density at radius 1 is 0.348 bits per heavy atom. The van der Waals surface area contributed by atoms with Gasteiger partial charge in [0, 0.05) is 25.9 Å². The number of sulfonamides is 2. The summed E-state index contributed by atoms with van der Waals surface area (Å²) in [5, 5.41) is 17.2. The van der Waals surface area contributed by atoms with Crippen LogP contribution in [0.2, 0.25) is 0 Å². The molecule has 0 aliphatic rings. The number of hydrogen-bond donors (Lipinski definition) is 4. The van der Waals surface area contributed by atoms with E-state index < -0.39 is 32.0 Å². The largest absolute Gasteiger partial charge is 0.481 e. The molecule has 0 fully saturated rings. The normalized spacial score (nSPS) is 12.1. The number of hydrogen-bond acceptors (Lipinski definition) is 6. The Kier molecular flexibility index (Phi) is 30.2. The highest BCUT2D eigenvalue weighted by Gasteiger charge is 2.10. The smallest absolute Gasteiger partial charge is 0.303 e. The lowest BCUT2D eigenvalue weighted by atomic mass is 10.1. The monoisotopic (exact) mass is 696 g/mol. The Morgan fingerprint density at radius 2 is 0.565 bits per heavy atom. The predicted molar refractivity (Wildman–Crippen MR) is 188 cm³/mol. The average Bonchev–Trinajstić information content (AvgIpc) is 2.98. The summed E-state index contributed by atoms with van der Waals surface area (Å²) in [7, 11) is -6.38. The Morgan fingerprint density at radius 3 is 0.826 bits per heavy atom. The molecule has 10 nitrogen and oxygen atoms in total. The Bertz CT molecular complexity index is 867. The first-order chi connectivity index (χ1) is 22.0. The van der Waals surface area contributed by atoms with E-state index in [4.69, 9.17) is 10.2 Å². The SMILES string of the molecule is O=C(O)CCCCCCCCCCNS(=O)(=O)CCCCCCCCCCCCS(=O)(=O)NCCCCCCCCCCC(=O)O. The first-order valence-electron chi connectivity index (χ1n) is 18.4. The van der Waals surface area contributed by atoms with Crippen LogP contribution in [0.25, 0.3) is 0 Å². The molecular weight excluding hydrogens is 629 g/mol. The van der Waals surface area contributed by atoms with Crippen molar-refractivity contribution in [2.75, 3.05) is 24.6 Å². The molecule has 0 aromatic carbocycles. The summed E-state index contributed by atoms with van der Waals surface area (Å²) in [6.45, 7) is 1.01. The Labute approximate surface area is 281 Å². The molecule has 12 heteroatoms. The van der Waals surface area contributed by atoms with Crippen LogP contribution >= 0.6 is 0 Å². The standard InChI is InChI=1S/C34H68N2O8S2/c37-33(38)27-21-15-9-3-5-11-17-23-29-35-45(41,42)31-25-19-13-7-1-2-8-14-20-26-32-46(43,44)36-30-24-18-12-6-4-10-16-22-28-34(39)40/h35-36H,1-32H2,(H,37,38)(H,39,40). The van der Waals surface area contributed by atoms with E-state index in [-0.39, 0.29) is 24.3 Å². The van der Waals surface area contributed by atoms with Crippen LogP contribution in [0.4, 0.5) is 0 Å². The van der Waals surface area contributed by atoms with Crippen molar-refractivity contribution in [3.63, 3.8) is 0 Å². The first-order valence-corrected chi connectivity index (χ1v) is 21.7. The quantitative estimate of drug-likeness (QED) is 0.0475. The zero-order valence-corrected chi connectivity index (χ0v) is 30.4. The third-order valence-corrected chi connectivity index (χ3v) is 11.3. The van der Waals surface area contributed by atoms with Crippen molar-refractivity contribution in [2.45, 2.75) is 180 Å². The van der Waals surface area contributed by atoms with E-state index in [0.717, 1.165) is 154 Å². The summed E-state index contributed by atoms with van der Waals surface area (Å²) in [4.78, 5) is 20.9. The second-order valence-electron chi connectivity index (χ2n) is 12.9. The number of carboxylic acid groups (broad SMARTS) is 2. The highest BCUT2D eigenvalue weighted by atomic mass is 32.2. The van der Waals surface area contributed by atoms with Gasteiger partial charge in [0.05, 0.1) is 11.5 Å². The number of carbonyl (C=O) groups is 2. The molecule has 4 N–H and O–H groups in total. The average molecular weight is 697 g/mol. The van der Waals surface area contributed by atoms with Crippen molar-refractivity contribution in [3.8, 4) is 0 Å². The molecule has 0 aliphatic heterocycles. The van der Waals surface area contributed by atoms with E-state index in [1.807, 2.05) is 0 Å². The van der Waals surface area contributed by atoms with Gasteiger partial charge in [-0.05, 0) is 38.5 Å². The molecule has 0 aromatic heterocycles. The molecule has 0 rings (SSSR count). The van der Waals surface area contributed by atoms with Gasteiger partial charge in [0.1, 0.15) is 0 Å². The van der Waals surface area contributed by atoms with Gasteiger partial charge in [0.2, 0.25) is 20.0 Å². The predicted octanol–water partition coefficient (Wildman–Crippen LogP) is 7.92. The highest BCUT2D eigenvalue weighted by Crippen LogP contribution is 2.13. The van der Waals surface area contributed by atoms with Crippen LogP contribution < -0.4 is 9.44 Å². The summed E-state index contributed by atoms with van der Waals surface area (Å²) in [6.07, 6.45) is 26.3. The second kappa shape index (κ2) is 31.1. The first kappa shape index (κ1) is 44.8. The molecule has 0 amide bonds. The van der Waals surface area contributed by atoms with Crippen LogP contribution in [0.5, 0.6) is 0 Å². The van der Waals surface area contributed by atoms with Crippen LogP contribution in [0.15, 0.2) is 0 Å². The summed E-state index contributed by atoms with van der Waals surface area (Å²) in [5.41, 5.74) is 0. The molecular formula is C34H68N2O8S2. The Balaban J connectivity index is 3.45. The minimum atomic E-state index is -3.19. The fourth-order valence-electron chi connectivity index (χ4n) is 5.52. The molecule has 274 valence electrons. The van der Waals surface area contributed by atoms with Gasteiger partial charge in [-0.2, -0.15) is 0 Å². The van der Waals surface area contributed by atoms with E-state index in [1.54, 1.807) is 0 Å². The molecule has 0 saturated carbocycles. The number of nitrogens with one attached hydrogen (secondary N) is 2. The topological polar surface area (TPSA) is 167 Å². The van der Waals surface area contributed by atoms with Gasteiger partial charge in [-0.3, -0.25) is 9.59 Å². The third-order valence-electron chi connectivity index (χ3n) is 8.35. The van der Waals surface area contributed by atoms with Gasteiger partial charge in [0.25, 0.3) is 0 Å².